The van der Waals surface area contributed by atoms with Gasteiger partial charge in [-0.1, -0.05) is 25.1 Å². The van der Waals surface area contributed by atoms with Gasteiger partial charge in [0.05, 0.1) is 18.1 Å². The maximum atomic E-state index is 4.24. The van der Waals surface area contributed by atoms with Gasteiger partial charge in [-0.05, 0) is 35.4 Å². The van der Waals surface area contributed by atoms with Gasteiger partial charge in [0, 0.05) is 17.9 Å². The number of hydrogen-bond acceptors (Lipinski definition) is 3. The summed E-state index contributed by atoms with van der Waals surface area (Å²) in [6.07, 6.45) is 4.82. The molecule has 0 amide bonds. The topological polar surface area (TPSA) is 29.9 Å². The third-order valence-corrected chi connectivity index (χ3v) is 4.66. The van der Waals surface area contributed by atoms with Gasteiger partial charge in [0.2, 0.25) is 0 Å². The van der Waals surface area contributed by atoms with Crippen molar-refractivity contribution in [3.05, 3.63) is 53.4 Å². The van der Waals surface area contributed by atoms with Crippen LogP contribution in [0.5, 0.6) is 0 Å². The van der Waals surface area contributed by atoms with E-state index >= 15 is 0 Å². The standard InChI is InChI=1S/C16H19N3S/c1-3-18-14(15-9-17-11-19(15)2)8-12-10-20-16-7-5-4-6-13(12)16/h4-7,9-11,14,18H,3,8H2,1-2H3. The van der Waals surface area contributed by atoms with Crippen LogP contribution >= 0.6 is 11.3 Å². The first kappa shape index (κ1) is 13.3. The number of imidazole rings is 1. The third kappa shape index (κ3) is 2.49. The normalized spacial score (nSPS) is 12.9. The summed E-state index contributed by atoms with van der Waals surface area (Å²) in [6, 6.07) is 8.94. The van der Waals surface area contributed by atoms with Crippen molar-refractivity contribution in [1.29, 1.82) is 0 Å². The van der Waals surface area contributed by atoms with E-state index in [-0.39, 0.29) is 0 Å². The number of nitrogens with one attached hydrogen (secondary N) is 1. The molecule has 1 aromatic carbocycles. The number of aryl methyl sites for hydroxylation is 1. The molecule has 1 unspecified atom stereocenters. The molecule has 3 nitrogen and oxygen atoms in total. The second-order valence-corrected chi connectivity index (χ2v) is 5.91. The van der Waals surface area contributed by atoms with Crippen LogP contribution < -0.4 is 5.32 Å². The molecule has 0 spiro atoms. The second-order valence-electron chi connectivity index (χ2n) is 5.00. The number of benzene rings is 1. The minimum absolute atomic E-state index is 0.311. The van der Waals surface area contributed by atoms with Gasteiger partial charge in [-0.15, -0.1) is 11.3 Å². The minimum Gasteiger partial charge on any atom is -0.336 e. The first-order valence-corrected chi connectivity index (χ1v) is 7.82. The van der Waals surface area contributed by atoms with Crippen LogP contribution in [-0.2, 0) is 13.5 Å². The maximum absolute atomic E-state index is 4.24. The summed E-state index contributed by atoms with van der Waals surface area (Å²) >= 11 is 1.83. The van der Waals surface area contributed by atoms with Gasteiger partial charge in [0.25, 0.3) is 0 Å². The van der Waals surface area contributed by atoms with E-state index in [0.717, 1.165) is 13.0 Å². The van der Waals surface area contributed by atoms with Crippen molar-refractivity contribution in [1.82, 2.24) is 14.9 Å². The monoisotopic (exact) mass is 285 g/mol. The van der Waals surface area contributed by atoms with Crippen molar-refractivity contribution in [2.75, 3.05) is 6.54 Å². The number of likely N-dealkylation sites (N-methyl/N-ethyl adjacent to an activating group) is 1. The van der Waals surface area contributed by atoms with E-state index in [0.29, 0.717) is 6.04 Å². The summed E-state index contributed by atoms with van der Waals surface area (Å²) in [5.41, 5.74) is 2.65. The molecule has 0 saturated heterocycles. The Kier molecular flexibility index (Phi) is 3.85. The lowest BCUT2D eigenvalue weighted by atomic mass is 10.0. The van der Waals surface area contributed by atoms with Gasteiger partial charge < -0.3 is 9.88 Å². The van der Waals surface area contributed by atoms with E-state index in [9.17, 15) is 0 Å². The predicted molar refractivity (Wildman–Crippen MR) is 85.2 cm³/mol. The fraction of sp³-hybridized carbons (Fsp3) is 0.312. The number of nitrogens with zero attached hydrogens (tertiary/aromatic N) is 2. The van der Waals surface area contributed by atoms with Gasteiger partial charge in [-0.2, -0.15) is 0 Å². The molecule has 1 N–H and O–H groups in total. The lowest BCUT2D eigenvalue weighted by Crippen LogP contribution is -2.24. The van der Waals surface area contributed by atoms with Crippen molar-refractivity contribution in [3.8, 4) is 0 Å². The van der Waals surface area contributed by atoms with Crippen LogP contribution in [0.4, 0.5) is 0 Å². The first-order valence-electron chi connectivity index (χ1n) is 6.94. The highest BCUT2D eigenvalue weighted by Gasteiger charge is 2.16. The Hall–Kier alpha value is -1.65. The molecule has 3 aromatic rings. The number of thiophene rings is 1. The van der Waals surface area contributed by atoms with Crippen LogP contribution in [-0.4, -0.2) is 16.1 Å². The molecule has 0 saturated carbocycles. The Morgan fingerprint density at radius 2 is 2.20 bits per heavy atom. The zero-order chi connectivity index (χ0) is 13.9. The number of aromatic nitrogens is 2. The van der Waals surface area contributed by atoms with Crippen molar-refractivity contribution < 1.29 is 0 Å². The van der Waals surface area contributed by atoms with Crippen LogP contribution in [0.3, 0.4) is 0 Å². The Balaban J connectivity index is 1.92. The molecule has 0 aliphatic rings. The molecule has 104 valence electrons. The van der Waals surface area contributed by atoms with Gasteiger partial charge in [0.15, 0.2) is 0 Å². The average molecular weight is 285 g/mol. The Morgan fingerprint density at radius 1 is 1.35 bits per heavy atom. The van der Waals surface area contributed by atoms with Crippen LogP contribution in [0.1, 0.15) is 24.2 Å². The molecule has 0 fully saturated rings. The molecular formula is C16H19N3S. The molecular weight excluding hydrogens is 266 g/mol. The summed E-state index contributed by atoms with van der Waals surface area (Å²) in [7, 11) is 2.05. The quantitative estimate of drug-likeness (QED) is 0.777. The lowest BCUT2D eigenvalue weighted by Gasteiger charge is -2.18. The van der Waals surface area contributed by atoms with Crippen molar-refractivity contribution in [2.24, 2.45) is 7.05 Å². The van der Waals surface area contributed by atoms with Gasteiger partial charge in [-0.25, -0.2) is 4.98 Å². The highest BCUT2D eigenvalue weighted by atomic mass is 32.1. The van der Waals surface area contributed by atoms with Crippen LogP contribution in [0.2, 0.25) is 0 Å². The van der Waals surface area contributed by atoms with Crippen LogP contribution in [0.25, 0.3) is 10.1 Å². The Morgan fingerprint density at radius 3 is 2.95 bits per heavy atom. The van der Waals surface area contributed by atoms with Crippen molar-refractivity contribution >= 4 is 21.4 Å². The summed E-state index contributed by atoms with van der Waals surface area (Å²) in [6.45, 7) is 3.10. The highest BCUT2D eigenvalue weighted by molar-refractivity contribution is 7.17. The van der Waals surface area contributed by atoms with E-state index in [2.05, 4.69) is 58.5 Å². The molecule has 4 heteroatoms. The minimum atomic E-state index is 0.311. The van der Waals surface area contributed by atoms with E-state index in [1.807, 2.05) is 23.9 Å². The molecule has 0 aliphatic heterocycles. The second kappa shape index (κ2) is 5.77. The molecule has 2 heterocycles. The maximum Gasteiger partial charge on any atom is 0.0946 e. The number of hydrogen-bond donors (Lipinski definition) is 1. The molecule has 20 heavy (non-hydrogen) atoms. The molecule has 2 aromatic heterocycles. The van der Waals surface area contributed by atoms with E-state index in [4.69, 9.17) is 0 Å². The third-order valence-electron chi connectivity index (χ3n) is 3.65. The highest BCUT2D eigenvalue weighted by Crippen LogP contribution is 2.29. The fourth-order valence-electron chi connectivity index (χ4n) is 2.64. The fourth-order valence-corrected chi connectivity index (χ4v) is 3.62. The summed E-state index contributed by atoms with van der Waals surface area (Å²) in [5, 5.41) is 7.23. The molecule has 0 radical (unpaired) electrons. The number of rotatable bonds is 5. The smallest absolute Gasteiger partial charge is 0.0946 e. The van der Waals surface area contributed by atoms with Crippen LogP contribution in [0, 0.1) is 0 Å². The lowest BCUT2D eigenvalue weighted by molar-refractivity contribution is 0.522. The summed E-state index contributed by atoms with van der Waals surface area (Å²) < 4.78 is 3.46. The molecule has 0 aliphatic carbocycles. The first-order chi connectivity index (χ1) is 9.79. The average Bonchev–Trinajstić information content (AvgIpc) is 3.05. The van der Waals surface area contributed by atoms with Gasteiger partial charge >= 0.3 is 0 Å². The van der Waals surface area contributed by atoms with Gasteiger partial charge in [-0.3, -0.25) is 0 Å². The zero-order valence-corrected chi connectivity index (χ0v) is 12.7. The Bertz CT molecular complexity index is 698. The Labute approximate surface area is 123 Å². The van der Waals surface area contributed by atoms with Crippen molar-refractivity contribution in [3.63, 3.8) is 0 Å². The van der Waals surface area contributed by atoms with Crippen molar-refractivity contribution in [2.45, 2.75) is 19.4 Å². The predicted octanol–water partition coefficient (Wildman–Crippen LogP) is 3.53. The molecule has 0 bridgehead atoms. The molecule has 3 rings (SSSR count). The van der Waals surface area contributed by atoms with E-state index in [1.165, 1.54) is 21.3 Å². The summed E-state index contributed by atoms with van der Waals surface area (Å²) in [4.78, 5) is 4.24. The molecule has 1 atom stereocenters. The SMILES string of the molecule is CCNC(Cc1csc2ccccc12)c1cncn1C. The van der Waals surface area contributed by atoms with E-state index < -0.39 is 0 Å². The van der Waals surface area contributed by atoms with E-state index in [1.54, 1.807) is 0 Å². The summed E-state index contributed by atoms with van der Waals surface area (Å²) in [5.74, 6) is 0. The van der Waals surface area contributed by atoms with Gasteiger partial charge in [0.1, 0.15) is 0 Å². The largest absolute Gasteiger partial charge is 0.336 e. The van der Waals surface area contributed by atoms with Crippen LogP contribution in [0.15, 0.2) is 42.2 Å². The number of fused-ring (bicyclic) bond motifs is 1. The zero-order valence-electron chi connectivity index (χ0n) is 11.8.